The van der Waals surface area contributed by atoms with Gasteiger partial charge in [0.2, 0.25) is 5.91 Å². The predicted molar refractivity (Wildman–Crippen MR) is 125 cm³/mol. The number of thioether (sulfide) groups is 1. The molecule has 1 N–H and O–H groups in total. The first-order chi connectivity index (χ1) is 15.0. The van der Waals surface area contributed by atoms with Gasteiger partial charge in [-0.25, -0.2) is 0 Å². The number of hydrogen-bond acceptors (Lipinski definition) is 6. The van der Waals surface area contributed by atoms with Gasteiger partial charge in [0.05, 0.1) is 12.3 Å². The van der Waals surface area contributed by atoms with Gasteiger partial charge in [-0.15, -0.1) is 0 Å². The molecule has 2 aromatic rings. The van der Waals surface area contributed by atoms with Crippen LogP contribution in [-0.4, -0.2) is 39.1 Å². The minimum Gasteiger partial charge on any atom is -0.508 e. The van der Waals surface area contributed by atoms with Gasteiger partial charge in [0.25, 0.3) is 5.24 Å². The van der Waals surface area contributed by atoms with Crippen LogP contribution in [0, 0.1) is 0 Å². The highest BCUT2D eigenvalue weighted by Gasteiger charge is 2.34. The van der Waals surface area contributed by atoms with Crippen LogP contribution in [0.2, 0.25) is 0 Å². The van der Waals surface area contributed by atoms with Crippen molar-refractivity contribution in [1.82, 2.24) is 4.90 Å². The lowest BCUT2D eigenvalue weighted by molar-refractivity contribution is -0.125. The second kappa shape index (κ2) is 8.35. The van der Waals surface area contributed by atoms with Crippen molar-refractivity contribution in [1.29, 1.82) is 0 Å². The van der Waals surface area contributed by atoms with E-state index in [1.807, 2.05) is 43.3 Å². The fourth-order valence-corrected chi connectivity index (χ4v) is 4.69. The minimum absolute atomic E-state index is 0.147. The molecule has 0 saturated carbocycles. The van der Waals surface area contributed by atoms with E-state index in [0.717, 1.165) is 47.0 Å². The molecule has 7 heteroatoms. The SMILES string of the molecule is CC1(COc2ccc(CN3C(=O)CSC3=O)cc2)CCc2cc(O)c(C(C)(C)C)cc2O1. The number of phenols is 1. The van der Waals surface area contributed by atoms with E-state index >= 15 is 0 Å². The molecule has 1 saturated heterocycles. The summed E-state index contributed by atoms with van der Waals surface area (Å²) in [6.45, 7) is 8.91. The van der Waals surface area contributed by atoms with Crippen molar-refractivity contribution in [3.05, 3.63) is 53.1 Å². The lowest BCUT2D eigenvalue weighted by Gasteiger charge is -2.36. The predicted octanol–water partition coefficient (Wildman–Crippen LogP) is 5.05. The molecule has 0 spiro atoms. The number of imide groups is 1. The Morgan fingerprint density at radius 1 is 1.19 bits per heavy atom. The molecule has 6 nitrogen and oxygen atoms in total. The molecular weight excluding hydrogens is 426 g/mol. The molecule has 4 rings (SSSR count). The van der Waals surface area contributed by atoms with Gasteiger partial charge in [-0.2, -0.15) is 0 Å². The Morgan fingerprint density at radius 3 is 2.53 bits per heavy atom. The molecule has 0 bridgehead atoms. The zero-order valence-electron chi connectivity index (χ0n) is 18.9. The first-order valence-corrected chi connectivity index (χ1v) is 11.8. The maximum Gasteiger partial charge on any atom is 0.289 e. The maximum atomic E-state index is 11.8. The van der Waals surface area contributed by atoms with Crippen molar-refractivity contribution in [3.63, 3.8) is 0 Å². The first kappa shape index (κ1) is 22.5. The summed E-state index contributed by atoms with van der Waals surface area (Å²) in [7, 11) is 0. The summed E-state index contributed by atoms with van der Waals surface area (Å²) in [6, 6.07) is 11.2. The highest BCUT2D eigenvalue weighted by atomic mass is 32.2. The fourth-order valence-electron chi connectivity index (χ4n) is 3.96. The molecule has 0 aliphatic carbocycles. The van der Waals surface area contributed by atoms with Crippen molar-refractivity contribution in [2.24, 2.45) is 0 Å². The van der Waals surface area contributed by atoms with Crippen LogP contribution in [-0.2, 0) is 23.2 Å². The maximum absolute atomic E-state index is 11.8. The number of nitrogens with zero attached hydrogens (tertiary/aromatic N) is 1. The number of rotatable bonds is 5. The molecule has 2 aromatic carbocycles. The van der Waals surface area contributed by atoms with Gasteiger partial charge in [0, 0.05) is 5.56 Å². The van der Waals surface area contributed by atoms with Crippen LogP contribution in [0.4, 0.5) is 4.79 Å². The Labute approximate surface area is 192 Å². The third-order valence-corrected chi connectivity index (χ3v) is 6.77. The largest absolute Gasteiger partial charge is 0.508 e. The Hall–Kier alpha value is -2.67. The number of amides is 2. The zero-order chi connectivity index (χ0) is 23.1. The van der Waals surface area contributed by atoms with Crippen LogP contribution in [0.25, 0.3) is 0 Å². The van der Waals surface area contributed by atoms with E-state index in [1.54, 1.807) is 0 Å². The average molecular weight is 456 g/mol. The standard InChI is InChI=1S/C25H29NO5S/c1-24(2,3)19-12-21-17(11-20(19)27)9-10-25(4,31-21)15-30-18-7-5-16(6-8-18)13-26-22(28)14-32-23(26)29/h5-8,11-12,27H,9-10,13-15H2,1-4H3. The number of carbonyl (C=O) groups is 2. The molecule has 2 amide bonds. The number of benzene rings is 2. The molecule has 0 aromatic heterocycles. The number of phenolic OH excluding ortho intramolecular Hbond substituents is 1. The van der Waals surface area contributed by atoms with E-state index in [4.69, 9.17) is 9.47 Å². The van der Waals surface area contributed by atoms with Crippen molar-refractivity contribution in [3.8, 4) is 17.2 Å². The molecule has 32 heavy (non-hydrogen) atoms. The molecule has 2 aliphatic rings. The number of aromatic hydroxyl groups is 1. The molecule has 170 valence electrons. The Morgan fingerprint density at radius 2 is 1.91 bits per heavy atom. The number of aryl methyl sites for hydroxylation is 1. The van der Waals surface area contributed by atoms with Crippen LogP contribution in [0.5, 0.6) is 17.2 Å². The van der Waals surface area contributed by atoms with Gasteiger partial charge in [-0.05, 0) is 60.6 Å². The summed E-state index contributed by atoms with van der Waals surface area (Å²) in [6.07, 6.45) is 1.59. The summed E-state index contributed by atoms with van der Waals surface area (Å²) in [4.78, 5) is 24.8. The lowest BCUT2D eigenvalue weighted by Crippen LogP contribution is -2.42. The summed E-state index contributed by atoms with van der Waals surface area (Å²) >= 11 is 1.04. The molecule has 1 unspecified atom stereocenters. The summed E-state index contributed by atoms with van der Waals surface area (Å²) in [5.74, 6) is 1.90. The van der Waals surface area contributed by atoms with Crippen molar-refractivity contribution in [2.75, 3.05) is 12.4 Å². The monoisotopic (exact) mass is 455 g/mol. The zero-order valence-corrected chi connectivity index (χ0v) is 19.8. The fraction of sp³-hybridized carbons (Fsp3) is 0.440. The summed E-state index contributed by atoms with van der Waals surface area (Å²) < 4.78 is 12.4. The van der Waals surface area contributed by atoms with Gasteiger partial charge in [-0.3, -0.25) is 14.5 Å². The minimum atomic E-state index is -0.483. The Kier molecular flexibility index (Phi) is 5.88. The summed E-state index contributed by atoms with van der Waals surface area (Å²) in [5.41, 5.74) is 2.10. The van der Waals surface area contributed by atoms with E-state index in [0.29, 0.717) is 18.1 Å². The second-order valence-electron chi connectivity index (χ2n) is 9.75. The highest BCUT2D eigenvalue weighted by molar-refractivity contribution is 8.14. The number of carbonyl (C=O) groups excluding carboxylic acids is 2. The van der Waals surface area contributed by atoms with Crippen molar-refractivity contribution >= 4 is 22.9 Å². The van der Waals surface area contributed by atoms with E-state index in [9.17, 15) is 14.7 Å². The van der Waals surface area contributed by atoms with Crippen LogP contribution in [0.3, 0.4) is 0 Å². The topological polar surface area (TPSA) is 76.1 Å². The Bertz CT molecular complexity index is 1030. The average Bonchev–Trinajstić information content (AvgIpc) is 3.04. The molecular formula is C25H29NO5S. The van der Waals surface area contributed by atoms with Gasteiger partial charge in [0.1, 0.15) is 29.5 Å². The second-order valence-corrected chi connectivity index (χ2v) is 10.7. The van der Waals surface area contributed by atoms with Gasteiger partial charge < -0.3 is 14.6 Å². The number of fused-ring (bicyclic) bond motifs is 1. The van der Waals surface area contributed by atoms with Crippen LogP contribution >= 0.6 is 11.8 Å². The highest BCUT2D eigenvalue weighted by Crippen LogP contribution is 2.41. The van der Waals surface area contributed by atoms with Crippen LogP contribution in [0.1, 0.15) is 50.8 Å². The first-order valence-electron chi connectivity index (χ1n) is 10.8. The summed E-state index contributed by atoms with van der Waals surface area (Å²) in [5, 5.41) is 10.2. The van der Waals surface area contributed by atoms with Gasteiger partial charge in [0.15, 0.2) is 0 Å². The van der Waals surface area contributed by atoms with E-state index in [2.05, 4.69) is 20.8 Å². The molecule has 0 radical (unpaired) electrons. The molecule has 1 atom stereocenters. The lowest BCUT2D eigenvalue weighted by atomic mass is 9.84. The molecule has 2 aliphatic heterocycles. The van der Waals surface area contributed by atoms with E-state index in [1.165, 1.54) is 4.90 Å². The van der Waals surface area contributed by atoms with Crippen molar-refractivity contribution < 1.29 is 24.2 Å². The van der Waals surface area contributed by atoms with Gasteiger partial charge in [-0.1, -0.05) is 44.7 Å². The molecule has 1 fully saturated rings. The Balaban J connectivity index is 1.40. The third-order valence-electron chi connectivity index (χ3n) is 5.92. The van der Waals surface area contributed by atoms with Crippen LogP contribution in [0.15, 0.2) is 36.4 Å². The quantitative estimate of drug-likeness (QED) is 0.680. The number of hydrogen-bond donors (Lipinski definition) is 1. The van der Waals surface area contributed by atoms with Crippen molar-refractivity contribution in [2.45, 2.75) is 58.1 Å². The molecule has 2 heterocycles. The third kappa shape index (κ3) is 4.72. The normalized spacial score (nSPS) is 20.8. The van der Waals surface area contributed by atoms with Gasteiger partial charge >= 0.3 is 0 Å². The van der Waals surface area contributed by atoms with E-state index < -0.39 is 5.60 Å². The smallest absolute Gasteiger partial charge is 0.289 e. The number of ether oxygens (including phenoxy) is 2. The van der Waals surface area contributed by atoms with Crippen LogP contribution < -0.4 is 9.47 Å². The van der Waals surface area contributed by atoms with E-state index in [-0.39, 0.29) is 28.9 Å².